The van der Waals surface area contributed by atoms with Crippen molar-refractivity contribution in [3.63, 3.8) is 0 Å². The maximum atomic E-state index is 13.6. The highest BCUT2D eigenvalue weighted by molar-refractivity contribution is 7.13. The first-order chi connectivity index (χ1) is 14.9. The maximum Gasteiger partial charge on any atom is 0.226 e. The zero-order valence-corrected chi connectivity index (χ0v) is 18.8. The minimum Gasteiger partial charge on any atom is -0.493 e. The van der Waals surface area contributed by atoms with E-state index in [0.29, 0.717) is 23.7 Å². The number of halogens is 1. The molecule has 2 aromatic carbocycles. The summed E-state index contributed by atoms with van der Waals surface area (Å²) in [5, 5.41) is 5.62. The van der Waals surface area contributed by atoms with Crippen molar-refractivity contribution in [3.05, 3.63) is 64.9 Å². The highest BCUT2D eigenvalue weighted by Crippen LogP contribution is 2.33. The molecule has 164 valence electrons. The third-order valence-electron chi connectivity index (χ3n) is 4.87. The van der Waals surface area contributed by atoms with Gasteiger partial charge < -0.3 is 19.7 Å². The lowest BCUT2D eigenvalue weighted by Gasteiger charge is -2.25. The molecule has 0 spiro atoms. The number of nitrogens with one attached hydrogen (secondary N) is 1. The van der Waals surface area contributed by atoms with Crippen molar-refractivity contribution < 1.29 is 18.7 Å². The van der Waals surface area contributed by atoms with Gasteiger partial charge in [0.05, 0.1) is 32.4 Å². The van der Waals surface area contributed by atoms with Gasteiger partial charge in [0.1, 0.15) is 10.8 Å². The first kappa shape index (κ1) is 22.7. The number of likely N-dealkylation sites (N-methyl/N-ethyl adjacent to an activating group) is 1. The van der Waals surface area contributed by atoms with Crippen molar-refractivity contribution in [1.29, 1.82) is 0 Å². The number of aromatic nitrogens is 1. The Bertz CT molecular complexity index is 1040. The van der Waals surface area contributed by atoms with Crippen LogP contribution in [0.4, 0.5) is 4.39 Å². The van der Waals surface area contributed by atoms with Crippen LogP contribution in [0.15, 0.2) is 47.8 Å². The number of hydrogen-bond acceptors (Lipinski definition) is 6. The van der Waals surface area contributed by atoms with E-state index in [0.717, 1.165) is 16.1 Å². The Kier molecular flexibility index (Phi) is 7.59. The Morgan fingerprint density at radius 1 is 1.16 bits per heavy atom. The summed E-state index contributed by atoms with van der Waals surface area (Å²) < 4.78 is 24.2. The first-order valence-corrected chi connectivity index (χ1v) is 10.6. The summed E-state index contributed by atoms with van der Waals surface area (Å²) in [7, 11) is 6.98. The zero-order valence-electron chi connectivity index (χ0n) is 18.0. The van der Waals surface area contributed by atoms with Crippen molar-refractivity contribution >= 4 is 17.2 Å². The molecule has 1 atom stereocenters. The van der Waals surface area contributed by atoms with Gasteiger partial charge in [-0.05, 0) is 50.0 Å². The first-order valence-electron chi connectivity index (χ1n) is 9.76. The number of ether oxygens (including phenoxy) is 2. The maximum absolute atomic E-state index is 13.6. The monoisotopic (exact) mass is 443 g/mol. The molecule has 0 saturated heterocycles. The minimum absolute atomic E-state index is 0.127. The average molecular weight is 444 g/mol. The van der Waals surface area contributed by atoms with Gasteiger partial charge in [-0.25, -0.2) is 9.37 Å². The van der Waals surface area contributed by atoms with Crippen LogP contribution in [0, 0.1) is 5.82 Å². The average Bonchev–Trinajstić information content (AvgIpc) is 3.21. The minimum atomic E-state index is -0.291. The number of carbonyl (C=O) groups excluding carboxylic acids is 1. The van der Waals surface area contributed by atoms with E-state index in [9.17, 15) is 9.18 Å². The van der Waals surface area contributed by atoms with E-state index in [-0.39, 0.29) is 24.2 Å². The summed E-state index contributed by atoms with van der Waals surface area (Å²) in [6, 6.07) is 11.9. The summed E-state index contributed by atoms with van der Waals surface area (Å²) >= 11 is 1.47. The van der Waals surface area contributed by atoms with Gasteiger partial charge in [-0.1, -0.05) is 12.1 Å². The second-order valence-corrected chi connectivity index (χ2v) is 8.09. The van der Waals surface area contributed by atoms with Gasteiger partial charge in [-0.15, -0.1) is 11.3 Å². The van der Waals surface area contributed by atoms with Gasteiger partial charge in [0.25, 0.3) is 0 Å². The van der Waals surface area contributed by atoms with Crippen molar-refractivity contribution in [1.82, 2.24) is 15.2 Å². The smallest absolute Gasteiger partial charge is 0.226 e. The van der Waals surface area contributed by atoms with E-state index < -0.39 is 0 Å². The van der Waals surface area contributed by atoms with Crippen LogP contribution in [0.2, 0.25) is 0 Å². The Hall–Kier alpha value is -2.97. The number of carbonyl (C=O) groups is 1. The SMILES string of the molecule is COc1ccc(-c2nc(CC(=O)NCC(c3cccc(F)c3)N(C)C)cs2)cc1OC. The zero-order chi connectivity index (χ0) is 22.4. The molecule has 31 heavy (non-hydrogen) atoms. The Morgan fingerprint density at radius 2 is 1.94 bits per heavy atom. The number of nitrogens with zero attached hydrogens (tertiary/aromatic N) is 2. The fourth-order valence-electron chi connectivity index (χ4n) is 3.24. The molecule has 0 fully saturated rings. The van der Waals surface area contributed by atoms with E-state index in [1.807, 2.05) is 48.6 Å². The largest absolute Gasteiger partial charge is 0.493 e. The van der Waals surface area contributed by atoms with E-state index in [1.54, 1.807) is 20.3 Å². The van der Waals surface area contributed by atoms with Crippen LogP contribution < -0.4 is 14.8 Å². The number of rotatable bonds is 9. The molecular weight excluding hydrogens is 417 g/mol. The third kappa shape index (κ3) is 5.80. The molecule has 0 radical (unpaired) electrons. The molecule has 3 rings (SSSR count). The molecule has 1 unspecified atom stereocenters. The molecule has 0 aliphatic carbocycles. The molecule has 1 heterocycles. The summed E-state index contributed by atoms with van der Waals surface area (Å²) in [5.74, 6) is 0.853. The van der Waals surface area contributed by atoms with Gasteiger partial charge in [0.2, 0.25) is 5.91 Å². The molecule has 3 aromatic rings. The number of benzene rings is 2. The highest BCUT2D eigenvalue weighted by Gasteiger charge is 2.17. The van der Waals surface area contributed by atoms with Gasteiger partial charge in [0, 0.05) is 17.5 Å². The fourth-order valence-corrected chi connectivity index (χ4v) is 4.06. The van der Waals surface area contributed by atoms with E-state index >= 15 is 0 Å². The lowest BCUT2D eigenvalue weighted by Crippen LogP contribution is -2.35. The highest BCUT2D eigenvalue weighted by atomic mass is 32.1. The summed E-state index contributed by atoms with van der Waals surface area (Å²) in [6.07, 6.45) is 0.174. The van der Waals surface area contributed by atoms with E-state index in [2.05, 4.69) is 10.3 Å². The van der Waals surface area contributed by atoms with Crippen molar-refractivity contribution in [2.45, 2.75) is 12.5 Å². The normalized spacial score (nSPS) is 11.9. The van der Waals surface area contributed by atoms with Gasteiger partial charge in [-0.2, -0.15) is 0 Å². The lowest BCUT2D eigenvalue weighted by molar-refractivity contribution is -0.120. The van der Waals surface area contributed by atoms with Crippen molar-refractivity contribution in [2.24, 2.45) is 0 Å². The third-order valence-corrected chi connectivity index (χ3v) is 5.81. The summed E-state index contributed by atoms with van der Waals surface area (Å²) in [4.78, 5) is 19.0. The van der Waals surface area contributed by atoms with Crippen LogP contribution in [0.3, 0.4) is 0 Å². The number of amides is 1. The molecule has 1 N–H and O–H groups in total. The molecule has 0 aliphatic heterocycles. The fraction of sp³-hybridized carbons (Fsp3) is 0.304. The molecule has 1 aromatic heterocycles. The second kappa shape index (κ2) is 10.4. The number of thiazole rings is 1. The van der Waals surface area contributed by atoms with Crippen LogP contribution in [-0.2, 0) is 11.2 Å². The molecule has 8 heteroatoms. The van der Waals surface area contributed by atoms with Gasteiger partial charge in [0.15, 0.2) is 11.5 Å². The Labute approximate surface area is 185 Å². The molecule has 1 amide bonds. The topological polar surface area (TPSA) is 63.7 Å². The van der Waals surface area contributed by atoms with Gasteiger partial charge in [-0.3, -0.25) is 4.79 Å². The van der Waals surface area contributed by atoms with Crippen LogP contribution in [0.1, 0.15) is 17.3 Å². The molecule has 0 aliphatic rings. The number of methoxy groups -OCH3 is 2. The lowest BCUT2D eigenvalue weighted by atomic mass is 10.1. The molecule has 0 saturated carbocycles. The molecular formula is C23H26FN3O3S. The van der Waals surface area contributed by atoms with Crippen LogP contribution in [-0.4, -0.2) is 50.7 Å². The summed E-state index contributed by atoms with van der Waals surface area (Å²) in [6.45, 7) is 0.377. The van der Waals surface area contributed by atoms with E-state index in [1.165, 1.54) is 23.5 Å². The molecule has 6 nitrogen and oxygen atoms in total. The Morgan fingerprint density at radius 3 is 2.61 bits per heavy atom. The number of hydrogen-bond donors (Lipinski definition) is 1. The van der Waals surface area contributed by atoms with Crippen LogP contribution in [0.5, 0.6) is 11.5 Å². The van der Waals surface area contributed by atoms with Gasteiger partial charge >= 0.3 is 0 Å². The van der Waals surface area contributed by atoms with E-state index in [4.69, 9.17) is 9.47 Å². The van der Waals surface area contributed by atoms with Crippen LogP contribution >= 0.6 is 11.3 Å². The molecule has 0 bridgehead atoms. The second-order valence-electron chi connectivity index (χ2n) is 7.23. The predicted molar refractivity (Wildman–Crippen MR) is 120 cm³/mol. The van der Waals surface area contributed by atoms with Crippen molar-refractivity contribution in [2.75, 3.05) is 34.9 Å². The quantitative estimate of drug-likeness (QED) is 0.543. The van der Waals surface area contributed by atoms with Crippen LogP contribution in [0.25, 0.3) is 10.6 Å². The predicted octanol–water partition coefficient (Wildman–Crippen LogP) is 3.93. The van der Waals surface area contributed by atoms with Crippen molar-refractivity contribution in [3.8, 4) is 22.1 Å². The standard InChI is InChI=1S/C23H26FN3O3S/c1-27(2)19(15-6-5-7-17(24)10-15)13-25-22(28)12-18-14-31-23(26-18)16-8-9-20(29-3)21(11-16)30-4/h5-11,14,19H,12-13H2,1-4H3,(H,25,28). The Balaban J connectivity index is 1.63. The summed E-state index contributed by atoms with van der Waals surface area (Å²) in [5.41, 5.74) is 2.40.